The van der Waals surface area contributed by atoms with Gasteiger partial charge in [-0.2, -0.15) is 0 Å². The zero-order valence-corrected chi connectivity index (χ0v) is 15.3. The first kappa shape index (κ1) is 17.7. The van der Waals surface area contributed by atoms with E-state index in [4.69, 9.17) is 20.9 Å². The molecule has 1 aromatic heterocycles. The Labute approximate surface area is 152 Å². The molecule has 1 aliphatic rings. The van der Waals surface area contributed by atoms with Crippen LogP contribution in [0.5, 0.6) is 5.75 Å². The number of aliphatic hydroxyl groups excluding tert-OH is 1. The molecule has 1 atom stereocenters. The van der Waals surface area contributed by atoms with Crippen molar-refractivity contribution in [3.63, 3.8) is 0 Å². The minimum atomic E-state index is -0.403. The van der Waals surface area contributed by atoms with Crippen LogP contribution in [-0.4, -0.2) is 37.6 Å². The Balaban J connectivity index is 1.93. The molecule has 2 aromatic rings. The van der Waals surface area contributed by atoms with Crippen molar-refractivity contribution in [3.8, 4) is 28.7 Å². The Morgan fingerprint density at radius 3 is 3.00 bits per heavy atom. The van der Waals surface area contributed by atoms with E-state index in [0.717, 1.165) is 46.1 Å². The minimum absolute atomic E-state index is 0.0851. The first-order chi connectivity index (χ1) is 12.1. The van der Waals surface area contributed by atoms with E-state index in [1.807, 2.05) is 37.2 Å². The molecule has 25 heavy (non-hydrogen) atoms. The van der Waals surface area contributed by atoms with Crippen molar-refractivity contribution < 1.29 is 14.6 Å². The number of ether oxygens (including phenoxy) is 2. The molecular weight excluding hydrogens is 336 g/mol. The molecule has 132 valence electrons. The number of hydrogen-bond acceptors (Lipinski definition) is 6. The van der Waals surface area contributed by atoms with Crippen LogP contribution in [0.2, 0.25) is 0 Å². The highest BCUT2D eigenvalue weighted by molar-refractivity contribution is 7.15. The summed E-state index contributed by atoms with van der Waals surface area (Å²) in [7, 11) is 3.96. The molecular formula is C19H22N2O3S. The summed E-state index contributed by atoms with van der Waals surface area (Å²) < 4.78 is 11.1. The SMILES string of the molecule is C#CCOCOc1cc(N(C)C)ccc1-c1nc2c(s1)C(O)CCC2. The van der Waals surface area contributed by atoms with Gasteiger partial charge in [0, 0.05) is 25.8 Å². The topological polar surface area (TPSA) is 54.8 Å². The number of terminal acetylenes is 1. The zero-order chi connectivity index (χ0) is 17.8. The lowest BCUT2D eigenvalue weighted by Gasteiger charge is -2.16. The molecule has 0 saturated heterocycles. The van der Waals surface area contributed by atoms with Crippen LogP contribution in [0.15, 0.2) is 18.2 Å². The number of benzene rings is 1. The van der Waals surface area contributed by atoms with Gasteiger partial charge in [-0.05, 0) is 31.4 Å². The van der Waals surface area contributed by atoms with Gasteiger partial charge in [0.2, 0.25) is 0 Å². The number of aromatic nitrogens is 1. The molecule has 0 fully saturated rings. The Morgan fingerprint density at radius 1 is 1.44 bits per heavy atom. The molecule has 1 N–H and O–H groups in total. The number of hydrogen-bond donors (Lipinski definition) is 1. The second-order valence-electron chi connectivity index (χ2n) is 6.13. The van der Waals surface area contributed by atoms with Crippen molar-refractivity contribution in [2.45, 2.75) is 25.4 Å². The monoisotopic (exact) mass is 358 g/mol. The highest BCUT2D eigenvalue weighted by Crippen LogP contribution is 2.41. The normalized spacial score (nSPS) is 16.2. The van der Waals surface area contributed by atoms with Crippen molar-refractivity contribution in [2.75, 3.05) is 32.4 Å². The third kappa shape index (κ3) is 3.96. The average Bonchev–Trinajstić information content (AvgIpc) is 3.04. The first-order valence-corrected chi connectivity index (χ1v) is 9.05. The molecule has 0 spiro atoms. The number of rotatable bonds is 6. The Morgan fingerprint density at radius 2 is 2.28 bits per heavy atom. The summed E-state index contributed by atoms with van der Waals surface area (Å²) in [6.07, 6.45) is 7.48. The average molecular weight is 358 g/mol. The molecule has 0 bridgehead atoms. The maximum atomic E-state index is 10.2. The van der Waals surface area contributed by atoms with Gasteiger partial charge in [-0.1, -0.05) is 5.92 Å². The van der Waals surface area contributed by atoms with Gasteiger partial charge in [-0.15, -0.1) is 17.8 Å². The van der Waals surface area contributed by atoms with Gasteiger partial charge in [0.15, 0.2) is 6.79 Å². The minimum Gasteiger partial charge on any atom is -0.467 e. The van der Waals surface area contributed by atoms with Crippen molar-refractivity contribution in [2.24, 2.45) is 0 Å². The van der Waals surface area contributed by atoms with E-state index in [-0.39, 0.29) is 13.4 Å². The van der Waals surface area contributed by atoms with E-state index < -0.39 is 6.10 Å². The number of aryl methyl sites for hydroxylation is 1. The van der Waals surface area contributed by atoms with Crippen LogP contribution in [-0.2, 0) is 11.2 Å². The summed E-state index contributed by atoms with van der Waals surface area (Å²) in [6, 6.07) is 6.00. The van der Waals surface area contributed by atoms with Crippen LogP contribution in [0.3, 0.4) is 0 Å². The summed E-state index contributed by atoms with van der Waals surface area (Å²) in [4.78, 5) is 7.73. The second-order valence-corrected chi connectivity index (χ2v) is 7.16. The van der Waals surface area contributed by atoms with Gasteiger partial charge < -0.3 is 19.5 Å². The van der Waals surface area contributed by atoms with E-state index >= 15 is 0 Å². The molecule has 1 heterocycles. The van der Waals surface area contributed by atoms with Crippen LogP contribution in [0.1, 0.15) is 29.5 Å². The van der Waals surface area contributed by atoms with Gasteiger partial charge in [0.05, 0.1) is 22.2 Å². The van der Waals surface area contributed by atoms with E-state index in [1.165, 1.54) is 0 Å². The Hall–Kier alpha value is -2.07. The van der Waals surface area contributed by atoms with Gasteiger partial charge in [-0.25, -0.2) is 4.98 Å². The summed E-state index contributed by atoms with van der Waals surface area (Å²) in [5.74, 6) is 3.12. The van der Waals surface area contributed by atoms with Crippen LogP contribution in [0.25, 0.3) is 10.6 Å². The quantitative estimate of drug-likeness (QED) is 0.488. The predicted molar refractivity (Wildman–Crippen MR) is 100 cm³/mol. The molecule has 1 unspecified atom stereocenters. The third-order valence-corrected chi connectivity index (χ3v) is 5.35. The maximum absolute atomic E-state index is 10.2. The molecule has 0 saturated carbocycles. The van der Waals surface area contributed by atoms with E-state index in [0.29, 0.717) is 5.75 Å². The number of nitrogens with zero attached hydrogens (tertiary/aromatic N) is 2. The summed E-state index contributed by atoms with van der Waals surface area (Å²) >= 11 is 1.54. The predicted octanol–water partition coefficient (Wildman–Crippen LogP) is 3.23. The van der Waals surface area contributed by atoms with E-state index in [9.17, 15) is 5.11 Å². The first-order valence-electron chi connectivity index (χ1n) is 8.23. The fourth-order valence-corrected chi connectivity index (χ4v) is 3.97. The summed E-state index contributed by atoms with van der Waals surface area (Å²) in [5, 5.41) is 11.1. The van der Waals surface area contributed by atoms with Gasteiger partial charge >= 0.3 is 0 Å². The maximum Gasteiger partial charge on any atom is 0.190 e. The fourth-order valence-electron chi connectivity index (χ4n) is 2.80. The second kappa shape index (κ2) is 7.87. The van der Waals surface area contributed by atoms with Crippen molar-refractivity contribution in [1.29, 1.82) is 0 Å². The number of anilines is 1. The van der Waals surface area contributed by atoms with Crippen molar-refractivity contribution >= 4 is 17.0 Å². The molecule has 0 aliphatic heterocycles. The fraction of sp³-hybridized carbons (Fsp3) is 0.421. The molecule has 5 nitrogen and oxygen atoms in total. The molecule has 3 rings (SSSR count). The third-order valence-electron chi connectivity index (χ3n) is 4.12. The van der Waals surface area contributed by atoms with E-state index in [2.05, 4.69) is 5.92 Å². The van der Waals surface area contributed by atoms with Gasteiger partial charge in [-0.3, -0.25) is 0 Å². The Bertz CT molecular complexity index is 779. The molecule has 1 aliphatic carbocycles. The molecule has 6 heteroatoms. The highest BCUT2D eigenvalue weighted by Gasteiger charge is 2.24. The molecule has 1 aromatic carbocycles. The number of fused-ring (bicyclic) bond motifs is 1. The van der Waals surface area contributed by atoms with Gasteiger partial charge in [0.1, 0.15) is 17.4 Å². The molecule has 0 radical (unpaired) electrons. The van der Waals surface area contributed by atoms with E-state index in [1.54, 1.807) is 11.3 Å². The van der Waals surface area contributed by atoms with Crippen LogP contribution >= 0.6 is 11.3 Å². The molecule has 0 amide bonds. The lowest BCUT2D eigenvalue weighted by atomic mass is 10.0. The highest BCUT2D eigenvalue weighted by atomic mass is 32.1. The summed E-state index contributed by atoms with van der Waals surface area (Å²) in [5.41, 5.74) is 2.93. The smallest absolute Gasteiger partial charge is 0.190 e. The number of aliphatic hydroxyl groups is 1. The van der Waals surface area contributed by atoms with Crippen LogP contribution < -0.4 is 9.64 Å². The standard InChI is InChI=1S/C19H22N2O3S/c1-4-10-23-12-24-17-11-13(21(2)3)8-9-14(17)19-20-15-6-5-7-16(22)18(15)25-19/h1,8-9,11,16,22H,5-7,10,12H2,2-3H3. The Kier molecular flexibility index (Phi) is 5.59. The van der Waals surface area contributed by atoms with Crippen molar-refractivity contribution in [3.05, 3.63) is 28.8 Å². The van der Waals surface area contributed by atoms with Gasteiger partial charge in [0.25, 0.3) is 0 Å². The largest absolute Gasteiger partial charge is 0.467 e. The van der Waals surface area contributed by atoms with Crippen LogP contribution in [0, 0.1) is 12.3 Å². The zero-order valence-electron chi connectivity index (χ0n) is 14.5. The summed E-state index contributed by atoms with van der Waals surface area (Å²) in [6.45, 7) is 0.294. The lowest BCUT2D eigenvalue weighted by Crippen LogP contribution is -2.09. The number of thiazole rings is 1. The van der Waals surface area contributed by atoms with Crippen LogP contribution in [0.4, 0.5) is 5.69 Å². The van der Waals surface area contributed by atoms with Crippen molar-refractivity contribution in [1.82, 2.24) is 4.98 Å². The lowest BCUT2D eigenvalue weighted by molar-refractivity contribution is 0.0337.